The first-order valence-corrected chi connectivity index (χ1v) is 1.63. The van der Waals surface area contributed by atoms with Crippen molar-refractivity contribution in [3.63, 3.8) is 0 Å². The van der Waals surface area contributed by atoms with Crippen molar-refractivity contribution in [2.45, 2.75) is 6.92 Å². The number of allylic oxidation sites excluding steroid dienone is 1. The summed E-state index contributed by atoms with van der Waals surface area (Å²) in [5.41, 5.74) is 0.134. The first-order chi connectivity index (χ1) is 2.81. The lowest BCUT2D eigenvalue weighted by Crippen LogP contribution is -1.71. The molecule has 36 valence electrons. The van der Waals surface area contributed by atoms with Gasteiger partial charge in [-0.15, -0.1) is 0 Å². The van der Waals surface area contributed by atoms with Crippen LogP contribution < -0.4 is 0 Å². The van der Waals surface area contributed by atoms with Crippen LogP contribution in [0.15, 0.2) is 11.9 Å². The number of rotatable bonds is 1. The quantitative estimate of drug-likeness (QED) is 0.463. The fourth-order valence-corrected chi connectivity index (χ4v) is 0.0292. The summed E-state index contributed by atoms with van der Waals surface area (Å²) in [4.78, 5) is 0. The zero-order valence-corrected chi connectivity index (χ0v) is 3.54. The van der Waals surface area contributed by atoms with E-state index in [1.54, 1.807) is 0 Å². The molecule has 0 N–H and O–H groups in total. The fraction of sp³-hybridized carbons (Fsp3) is 0.500. The number of alkyl halides is 1. The minimum absolute atomic E-state index is 0.134. The summed E-state index contributed by atoms with van der Waals surface area (Å²) < 4.78 is 22.1. The maximum Gasteiger partial charge on any atom is 0.113 e. The molecule has 0 heterocycles. The molecule has 0 aliphatic heterocycles. The minimum atomic E-state index is -0.684. The number of halogens is 2. The largest absolute Gasteiger partial charge is 0.246 e. The van der Waals surface area contributed by atoms with Crippen molar-refractivity contribution in [1.82, 2.24) is 0 Å². The molecule has 0 atom stereocenters. The Morgan fingerprint density at radius 1 is 1.83 bits per heavy atom. The Labute approximate surface area is 35.5 Å². The Morgan fingerprint density at radius 2 is 2.33 bits per heavy atom. The van der Waals surface area contributed by atoms with Gasteiger partial charge in [-0.25, -0.2) is 8.78 Å². The van der Waals surface area contributed by atoms with E-state index in [0.717, 1.165) is 0 Å². The van der Waals surface area contributed by atoms with E-state index in [0.29, 0.717) is 0 Å². The molecule has 0 radical (unpaired) electrons. The molecule has 0 saturated heterocycles. The van der Waals surface area contributed by atoms with Gasteiger partial charge in [-0.3, -0.25) is 0 Å². The van der Waals surface area contributed by atoms with Crippen molar-refractivity contribution in [3.8, 4) is 0 Å². The van der Waals surface area contributed by atoms with E-state index >= 15 is 0 Å². The smallest absolute Gasteiger partial charge is 0.113 e. The Hall–Kier alpha value is -0.400. The summed E-state index contributed by atoms with van der Waals surface area (Å²) >= 11 is 0. The van der Waals surface area contributed by atoms with Crippen LogP contribution in [0.3, 0.4) is 0 Å². The van der Waals surface area contributed by atoms with Crippen molar-refractivity contribution >= 4 is 0 Å². The summed E-state index contributed by atoms with van der Waals surface area (Å²) in [7, 11) is 0. The van der Waals surface area contributed by atoms with Crippen LogP contribution in [0.25, 0.3) is 0 Å². The molecule has 0 aliphatic rings. The molecule has 0 aromatic rings. The Balaban J connectivity index is 3.22. The first kappa shape index (κ1) is 5.60. The van der Waals surface area contributed by atoms with E-state index in [4.69, 9.17) is 0 Å². The molecule has 0 aromatic heterocycles. The van der Waals surface area contributed by atoms with Crippen LogP contribution in [-0.2, 0) is 0 Å². The highest BCUT2D eigenvalue weighted by atomic mass is 19.1. The second-order valence-electron chi connectivity index (χ2n) is 1.09. The number of hydrogen-bond acceptors (Lipinski definition) is 0. The van der Waals surface area contributed by atoms with Crippen molar-refractivity contribution in [2.75, 3.05) is 6.67 Å². The first-order valence-electron chi connectivity index (χ1n) is 1.63. The molecule has 0 aliphatic carbocycles. The molecule has 2 heteroatoms. The predicted molar refractivity (Wildman–Crippen MR) is 20.8 cm³/mol. The minimum Gasteiger partial charge on any atom is -0.246 e. The number of hydrogen-bond donors (Lipinski definition) is 0. The van der Waals surface area contributed by atoms with E-state index in [2.05, 4.69) is 0 Å². The lowest BCUT2D eigenvalue weighted by atomic mass is 10.4. The van der Waals surface area contributed by atoms with Crippen molar-refractivity contribution < 1.29 is 8.78 Å². The third-order valence-electron chi connectivity index (χ3n) is 0.397. The second kappa shape index (κ2) is 2.82. The van der Waals surface area contributed by atoms with E-state index < -0.39 is 6.67 Å². The molecule has 0 fully saturated rings. The summed E-state index contributed by atoms with van der Waals surface area (Å²) in [6, 6.07) is 0. The van der Waals surface area contributed by atoms with Gasteiger partial charge in [0.25, 0.3) is 0 Å². The third kappa shape index (κ3) is 1.88. The monoisotopic (exact) mass is 92.0 g/mol. The van der Waals surface area contributed by atoms with Crippen LogP contribution in [0.4, 0.5) is 8.78 Å². The SMILES string of the molecule is CC(=CF)CF. The Bertz CT molecular complexity index is 56.6. The molecule has 0 unspecified atom stereocenters. The molecule has 0 bridgehead atoms. The highest BCUT2D eigenvalue weighted by Crippen LogP contribution is 1.90. The fourth-order valence-electron chi connectivity index (χ4n) is 0.0292. The van der Waals surface area contributed by atoms with Crippen LogP contribution in [0.1, 0.15) is 6.92 Å². The maximum atomic E-state index is 11.1. The van der Waals surface area contributed by atoms with Gasteiger partial charge in [0.2, 0.25) is 0 Å². The normalized spacial score (nSPS) is 12.2. The van der Waals surface area contributed by atoms with Crippen LogP contribution in [0, 0.1) is 0 Å². The lowest BCUT2D eigenvalue weighted by Gasteiger charge is -1.79. The predicted octanol–water partition coefficient (Wildman–Crippen LogP) is 1.83. The standard InChI is InChI=1S/C4H6F2/c1-4(2-5)3-6/h2H,3H2,1H3. The van der Waals surface area contributed by atoms with E-state index in [1.165, 1.54) is 6.92 Å². The maximum absolute atomic E-state index is 11.1. The lowest BCUT2D eigenvalue weighted by molar-refractivity contribution is 0.533. The highest BCUT2D eigenvalue weighted by Gasteiger charge is 1.79. The van der Waals surface area contributed by atoms with Gasteiger partial charge < -0.3 is 0 Å². The Morgan fingerprint density at radius 3 is 2.33 bits per heavy atom. The highest BCUT2D eigenvalue weighted by molar-refractivity contribution is 4.90. The molecule has 0 saturated carbocycles. The van der Waals surface area contributed by atoms with E-state index in [-0.39, 0.29) is 11.9 Å². The van der Waals surface area contributed by atoms with Crippen molar-refractivity contribution in [3.05, 3.63) is 11.9 Å². The van der Waals surface area contributed by atoms with Gasteiger partial charge in [-0.1, -0.05) is 0 Å². The molecular weight excluding hydrogens is 86.0 g/mol. The van der Waals surface area contributed by atoms with Crippen LogP contribution in [-0.4, -0.2) is 6.67 Å². The zero-order valence-electron chi connectivity index (χ0n) is 3.54. The molecule has 6 heavy (non-hydrogen) atoms. The van der Waals surface area contributed by atoms with Crippen LogP contribution in [0.2, 0.25) is 0 Å². The van der Waals surface area contributed by atoms with Gasteiger partial charge in [0.1, 0.15) is 6.67 Å². The van der Waals surface area contributed by atoms with Gasteiger partial charge in [-0.05, 0) is 12.5 Å². The molecule has 0 spiro atoms. The van der Waals surface area contributed by atoms with E-state index in [1.807, 2.05) is 0 Å². The van der Waals surface area contributed by atoms with Crippen molar-refractivity contribution in [2.24, 2.45) is 0 Å². The topological polar surface area (TPSA) is 0 Å². The summed E-state index contributed by atoms with van der Waals surface area (Å²) in [6.45, 7) is 0.705. The molecule has 0 rings (SSSR count). The average Bonchev–Trinajstić information content (AvgIpc) is 1.65. The molecule has 0 amide bonds. The summed E-state index contributed by atoms with van der Waals surface area (Å²) in [5.74, 6) is 0. The van der Waals surface area contributed by atoms with Gasteiger partial charge >= 0.3 is 0 Å². The summed E-state index contributed by atoms with van der Waals surface area (Å²) in [6.07, 6.45) is 0.264. The Kier molecular flexibility index (Phi) is 2.63. The molecule has 0 nitrogen and oxygen atoms in total. The van der Waals surface area contributed by atoms with Gasteiger partial charge in [0.05, 0.1) is 6.33 Å². The second-order valence-corrected chi connectivity index (χ2v) is 1.09. The summed E-state index contributed by atoms with van der Waals surface area (Å²) in [5, 5.41) is 0. The average molecular weight is 92.1 g/mol. The molecular formula is C4H6F2. The van der Waals surface area contributed by atoms with Crippen molar-refractivity contribution in [1.29, 1.82) is 0 Å². The van der Waals surface area contributed by atoms with Gasteiger partial charge in [0.15, 0.2) is 0 Å². The zero-order chi connectivity index (χ0) is 4.99. The van der Waals surface area contributed by atoms with E-state index in [9.17, 15) is 8.78 Å². The molecule has 0 aromatic carbocycles. The van der Waals surface area contributed by atoms with Gasteiger partial charge in [0, 0.05) is 0 Å². The van der Waals surface area contributed by atoms with Crippen LogP contribution >= 0.6 is 0 Å². The third-order valence-corrected chi connectivity index (χ3v) is 0.397. The van der Waals surface area contributed by atoms with Crippen LogP contribution in [0.5, 0.6) is 0 Å². The van der Waals surface area contributed by atoms with Gasteiger partial charge in [-0.2, -0.15) is 0 Å².